The molecule has 0 unspecified atom stereocenters. The Morgan fingerprint density at radius 1 is 0.970 bits per heavy atom. The molecule has 1 amide bonds. The van der Waals surface area contributed by atoms with Crippen molar-refractivity contribution in [2.75, 3.05) is 36.4 Å². The number of benzene rings is 2. The first kappa shape index (κ1) is 20.7. The zero-order valence-electron chi connectivity index (χ0n) is 17.8. The Morgan fingerprint density at radius 2 is 1.70 bits per heavy atom. The summed E-state index contributed by atoms with van der Waals surface area (Å²) in [7, 11) is 0. The molecular weight excluding hydrogens is 425 g/mol. The quantitative estimate of drug-likeness (QED) is 0.504. The van der Waals surface area contributed by atoms with Crippen LogP contribution in [0.5, 0.6) is 0 Å². The van der Waals surface area contributed by atoms with Crippen LogP contribution in [0.3, 0.4) is 0 Å². The minimum Gasteiger partial charge on any atom is -0.368 e. The van der Waals surface area contributed by atoms with E-state index in [4.69, 9.17) is 0 Å². The van der Waals surface area contributed by atoms with E-state index < -0.39 is 5.69 Å². The van der Waals surface area contributed by atoms with Crippen molar-refractivity contribution in [2.45, 2.75) is 6.54 Å². The maximum Gasteiger partial charge on any atom is 0.352 e. The number of carbonyl (C=O) groups excluding carboxylic acids is 1. The molecule has 5 rings (SSSR count). The summed E-state index contributed by atoms with van der Waals surface area (Å²) in [6.07, 6.45) is 1.59. The summed E-state index contributed by atoms with van der Waals surface area (Å²) in [5, 5.41) is 7.40. The molecule has 0 radical (unpaired) electrons. The predicted molar refractivity (Wildman–Crippen MR) is 122 cm³/mol. The number of halogens is 1. The van der Waals surface area contributed by atoms with E-state index in [-0.39, 0.29) is 24.0 Å². The van der Waals surface area contributed by atoms with Gasteiger partial charge in [-0.15, -0.1) is 5.10 Å². The summed E-state index contributed by atoms with van der Waals surface area (Å²) in [4.78, 5) is 33.7. The first-order valence-electron chi connectivity index (χ1n) is 10.6. The number of fused-ring (bicyclic) bond motifs is 1. The number of amides is 1. The zero-order chi connectivity index (χ0) is 22.8. The van der Waals surface area contributed by atoms with Crippen molar-refractivity contribution < 1.29 is 9.18 Å². The smallest absolute Gasteiger partial charge is 0.352 e. The monoisotopic (exact) mass is 447 g/mol. The van der Waals surface area contributed by atoms with Gasteiger partial charge >= 0.3 is 5.69 Å². The van der Waals surface area contributed by atoms with Gasteiger partial charge in [-0.2, -0.15) is 4.98 Å². The molecule has 1 fully saturated rings. The standard InChI is InChI=1S/C23H22FN7O2/c24-17-6-8-19(9-7-17)28-12-14-29(15-13-28)21(32)16-31-23(33)30-11-10-20(26-22(30)27-31)25-18-4-2-1-3-5-18/h1-11H,12-16H2,(H,25,26,27). The number of carbonyl (C=O) groups is 1. The molecule has 1 saturated heterocycles. The van der Waals surface area contributed by atoms with E-state index in [9.17, 15) is 14.0 Å². The Hall–Kier alpha value is -4.21. The fraction of sp³-hybridized carbons (Fsp3) is 0.217. The summed E-state index contributed by atoms with van der Waals surface area (Å²) in [6.45, 7) is 2.14. The molecule has 0 atom stereocenters. The zero-order valence-corrected chi connectivity index (χ0v) is 17.8. The van der Waals surface area contributed by atoms with Crippen molar-refractivity contribution in [3.8, 4) is 0 Å². The third-order valence-electron chi connectivity index (χ3n) is 5.61. The minimum absolute atomic E-state index is 0.153. The van der Waals surface area contributed by atoms with Crippen LogP contribution in [0.1, 0.15) is 0 Å². The van der Waals surface area contributed by atoms with Crippen molar-refractivity contribution >= 4 is 28.9 Å². The molecule has 10 heteroatoms. The van der Waals surface area contributed by atoms with Crippen LogP contribution in [-0.4, -0.2) is 56.2 Å². The molecule has 0 aliphatic carbocycles. The Labute approximate surface area is 188 Å². The fourth-order valence-electron chi connectivity index (χ4n) is 3.84. The number of anilines is 3. The van der Waals surface area contributed by atoms with E-state index in [0.717, 1.165) is 16.1 Å². The van der Waals surface area contributed by atoms with Gasteiger partial charge in [0.1, 0.15) is 18.2 Å². The van der Waals surface area contributed by atoms with Gasteiger partial charge in [0, 0.05) is 43.8 Å². The first-order chi connectivity index (χ1) is 16.1. The van der Waals surface area contributed by atoms with E-state index in [0.29, 0.717) is 32.0 Å². The van der Waals surface area contributed by atoms with Gasteiger partial charge in [-0.25, -0.2) is 18.3 Å². The molecule has 0 saturated carbocycles. The van der Waals surface area contributed by atoms with E-state index in [1.54, 1.807) is 29.3 Å². The number of aromatic nitrogens is 4. The molecule has 0 spiro atoms. The SMILES string of the molecule is O=C(Cn1nc2nc(Nc3ccccc3)ccn2c1=O)N1CCN(c2ccc(F)cc2)CC1. The van der Waals surface area contributed by atoms with E-state index in [1.807, 2.05) is 30.3 Å². The van der Waals surface area contributed by atoms with Crippen molar-refractivity contribution in [3.63, 3.8) is 0 Å². The van der Waals surface area contributed by atoms with Crippen LogP contribution in [0.25, 0.3) is 5.78 Å². The van der Waals surface area contributed by atoms with Crippen molar-refractivity contribution in [1.82, 2.24) is 24.1 Å². The van der Waals surface area contributed by atoms with Gasteiger partial charge in [0.15, 0.2) is 0 Å². The summed E-state index contributed by atoms with van der Waals surface area (Å²) in [5.41, 5.74) is 1.37. The molecule has 2 aromatic carbocycles. The Balaban J connectivity index is 1.25. The average Bonchev–Trinajstić information content (AvgIpc) is 3.14. The number of hydrogen-bond acceptors (Lipinski definition) is 6. The van der Waals surface area contributed by atoms with Crippen molar-refractivity contribution in [3.05, 3.63) is 83.2 Å². The summed E-state index contributed by atoms with van der Waals surface area (Å²) in [5.74, 6) is 0.314. The topological polar surface area (TPSA) is 87.8 Å². The molecule has 9 nitrogen and oxygen atoms in total. The largest absolute Gasteiger partial charge is 0.368 e. The molecule has 4 aromatic rings. The van der Waals surface area contributed by atoms with Crippen molar-refractivity contribution in [2.24, 2.45) is 0 Å². The maximum absolute atomic E-state index is 13.1. The number of nitrogens with one attached hydrogen (secondary N) is 1. The third kappa shape index (κ3) is 4.40. The predicted octanol–water partition coefficient (Wildman–Crippen LogP) is 2.12. The fourth-order valence-corrected chi connectivity index (χ4v) is 3.84. The van der Waals surface area contributed by atoms with Gasteiger partial charge in [0.2, 0.25) is 5.91 Å². The van der Waals surface area contributed by atoms with E-state index >= 15 is 0 Å². The number of rotatable bonds is 5. The maximum atomic E-state index is 13.1. The highest BCUT2D eigenvalue weighted by Crippen LogP contribution is 2.17. The Bertz CT molecular complexity index is 1330. The lowest BCUT2D eigenvalue weighted by atomic mass is 10.2. The average molecular weight is 447 g/mol. The molecule has 2 aromatic heterocycles. The lowest BCUT2D eigenvalue weighted by molar-refractivity contribution is -0.132. The van der Waals surface area contributed by atoms with E-state index in [2.05, 4.69) is 20.3 Å². The second kappa shape index (κ2) is 8.73. The van der Waals surface area contributed by atoms with E-state index in [1.165, 1.54) is 16.5 Å². The second-order valence-corrected chi connectivity index (χ2v) is 7.76. The van der Waals surface area contributed by atoms with Crippen LogP contribution in [0.4, 0.5) is 21.6 Å². The van der Waals surface area contributed by atoms with Crippen LogP contribution in [0.15, 0.2) is 71.7 Å². The molecule has 3 heterocycles. The molecule has 0 bridgehead atoms. The molecule has 33 heavy (non-hydrogen) atoms. The Morgan fingerprint density at radius 3 is 2.42 bits per heavy atom. The highest BCUT2D eigenvalue weighted by Gasteiger charge is 2.23. The highest BCUT2D eigenvalue weighted by atomic mass is 19.1. The van der Waals surface area contributed by atoms with Crippen LogP contribution in [0, 0.1) is 5.82 Å². The highest BCUT2D eigenvalue weighted by molar-refractivity contribution is 5.76. The van der Waals surface area contributed by atoms with Crippen LogP contribution in [-0.2, 0) is 11.3 Å². The number of para-hydroxylation sites is 1. The van der Waals surface area contributed by atoms with Gasteiger partial charge in [0.05, 0.1) is 0 Å². The van der Waals surface area contributed by atoms with Crippen LogP contribution in [0.2, 0.25) is 0 Å². The van der Waals surface area contributed by atoms with Gasteiger partial charge in [0.25, 0.3) is 5.78 Å². The minimum atomic E-state index is -0.415. The van der Waals surface area contributed by atoms with Gasteiger partial charge < -0.3 is 15.1 Å². The summed E-state index contributed by atoms with van der Waals surface area (Å²) in [6, 6.07) is 17.6. The van der Waals surface area contributed by atoms with Gasteiger partial charge in [-0.3, -0.25) is 4.79 Å². The molecule has 1 N–H and O–H groups in total. The van der Waals surface area contributed by atoms with Crippen molar-refractivity contribution in [1.29, 1.82) is 0 Å². The molecular formula is C23H22FN7O2. The van der Waals surface area contributed by atoms with Gasteiger partial charge in [-0.05, 0) is 42.5 Å². The Kier molecular flexibility index (Phi) is 5.47. The number of piperazine rings is 1. The van der Waals surface area contributed by atoms with Crippen LogP contribution < -0.4 is 15.9 Å². The lowest BCUT2D eigenvalue weighted by Gasteiger charge is -2.36. The van der Waals surface area contributed by atoms with Gasteiger partial charge in [-0.1, -0.05) is 18.2 Å². The van der Waals surface area contributed by atoms with Crippen LogP contribution >= 0.6 is 0 Å². The number of hydrogen-bond donors (Lipinski definition) is 1. The summed E-state index contributed by atoms with van der Waals surface area (Å²) < 4.78 is 15.6. The number of nitrogens with zero attached hydrogens (tertiary/aromatic N) is 6. The normalized spacial score (nSPS) is 14.0. The first-order valence-corrected chi connectivity index (χ1v) is 10.6. The lowest BCUT2D eigenvalue weighted by Crippen LogP contribution is -2.50. The summed E-state index contributed by atoms with van der Waals surface area (Å²) >= 11 is 0. The molecule has 1 aliphatic heterocycles. The molecule has 168 valence electrons. The third-order valence-corrected chi connectivity index (χ3v) is 5.61. The molecule has 1 aliphatic rings. The second-order valence-electron chi connectivity index (χ2n) is 7.76.